The van der Waals surface area contributed by atoms with Crippen LogP contribution in [0.3, 0.4) is 0 Å². The van der Waals surface area contributed by atoms with Gasteiger partial charge in [-0.1, -0.05) is 0 Å². The molecule has 0 atom stereocenters. The molecule has 0 aromatic heterocycles. The summed E-state index contributed by atoms with van der Waals surface area (Å²) in [7, 11) is 0. The predicted octanol–water partition coefficient (Wildman–Crippen LogP) is 0.0714. The van der Waals surface area contributed by atoms with Crippen LogP contribution in [0.2, 0.25) is 0 Å². The number of aliphatic imine (C=N–C) groups is 1. The van der Waals surface area contributed by atoms with Gasteiger partial charge in [-0.2, -0.15) is 0 Å². The Labute approximate surface area is 120 Å². The lowest BCUT2D eigenvalue weighted by molar-refractivity contribution is -0.118. The van der Waals surface area contributed by atoms with Gasteiger partial charge in [0.2, 0.25) is 5.91 Å². The highest BCUT2D eigenvalue weighted by Crippen LogP contribution is 1.83. The number of guanidine groups is 1. The summed E-state index contributed by atoms with van der Waals surface area (Å²) >= 11 is 0. The molecule has 102 valence electrons. The molecule has 6 nitrogen and oxygen atoms in total. The monoisotopic (exact) mass is 358 g/mol. The molecular weight excluding hydrogens is 335 g/mol. The van der Waals surface area contributed by atoms with Crippen LogP contribution in [0, 0.1) is 0 Å². The minimum absolute atomic E-state index is 0. The molecule has 0 spiro atoms. The molecule has 0 aromatic rings. The topological polar surface area (TPSA) is 88.7 Å². The maximum Gasteiger partial charge on any atom is 0.216 e. The van der Waals surface area contributed by atoms with Crippen molar-refractivity contribution in [3.63, 3.8) is 0 Å². The summed E-state index contributed by atoms with van der Waals surface area (Å²) in [6, 6.07) is 0. The molecule has 0 saturated carbocycles. The first-order chi connectivity index (χ1) is 7.66. The molecule has 4 N–H and O–H groups in total. The molecule has 0 rings (SSSR count). The third-order valence-electron chi connectivity index (χ3n) is 1.74. The third-order valence-corrected chi connectivity index (χ3v) is 1.74. The molecule has 1 amide bonds. The summed E-state index contributed by atoms with van der Waals surface area (Å²) in [6.45, 7) is 6.66. The summed E-state index contributed by atoms with van der Waals surface area (Å²) in [5, 5.41) is 5.55. The van der Waals surface area contributed by atoms with E-state index in [0.29, 0.717) is 32.2 Å². The fourth-order valence-electron chi connectivity index (χ4n) is 0.995. The third kappa shape index (κ3) is 15.4. The van der Waals surface area contributed by atoms with E-state index in [1.54, 1.807) is 0 Å². The zero-order valence-electron chi connectivity index (χ0n) is 10.5. The quantitative estimate of drug-likeness (QED) is 0.248. The second-order valence-electron chi connectivity index (χ2n) is 3.23. The number of carbonyl (C=O) groups excluding carboxylic acids is 1. The van der Waals surface area contributed by atoms with Crippen LogP contribution in [0.5, 0.6) is 0 Å². The van der Waals surface area contributed by atoms with E-state index in [1.807, 2.05) is 6.92 Å². The number of hydrogen-bond acceptors (Lipinski definition) is 3. The number of halogens is 1. The van der Waals surface area contributed by atoms with E-state index >= 15 is 0 Å². The van der Waals surface area contributed by atoms with Crippen LogP contribution in [-0.2, 0) is 9.53 Å². The Morgan fingerprint density at radius 1 is 1.35 bits per heavy atom. The highest BCUT2D eigenvalue weighted by atomic mass is 127. The molecule has 0 aliphatic carbocycles. The minimum Gasteiger partial charge on any atom is -0.382 e. The van der Waals surface area contributed by atoms with Crippen LogP contribution in [0.4, 0.5) is 0 Å². The van der Waals surface area contributed by atoms with E-state index in [9.17, 15) is 4.79 Å². The fraction of sp³-hybridized carbons (Fsp3) is 0.800. The summed E-state index contributed by atoms with van der Waals surface area (Å²) in [4.78, 5) is 14.6. The van der Waals surface area contributed by atoms with E-state index in [2.05, 4.69) is 15.6 Å². The van der Waals surface area contributed by atoms with Gasteiger partial charge in [0.25, 0.3) is 0 Å². The Morgan fingerprint density at radius 3 is 2.59 bits per heavy atom. The van der Waals surface area contributed by atoms with Gasteiger partial charge in [-0.25, -0.2) is 0 Å². The van der Waals surface area contributed by atoms with Crippen molar-refractivity contribution in [3.8, 4) is 0 Å². The van der Waals surface area contributed by atoms with Crippen molar-refractivity contribution < 1.29 is 9.53 Å². The smallest absolute Gasteiger partial charge is 0.216 e. The summed E-state index contributed by atoms with van der Waals surface area (Å²) in [5.74, 6) is 0.357. The number of nitrogens with zero attached hydrogens (tertiary/aromatic N) is 1. The number of amides is 1. The van der Waals surface area contributed by atoms with Crippen molar-refractivity contribution in [2.75, 3.05) is 32.8 Å². The van der Waals surface area contributed by atoms with E-state index in [4.69, 9.17) is 10.5 Å². The molecule has 0 aliphatic heterocycles. The van der Waals surface area contributed by atoms with Crippen molar-refractivity contribution in [3.05, 3.63) is 0 Å². The highest BCUT2D eigenvalue weighted by molar-refractivity contribution is 14.0. The van der Waals surface area contributed by atoms with Crippen molar-refractivity contribution in [1.82, 2.24) is 10.6 Å². The molecule has 0 saturated heterocycles. The van der Waals surface area contributed by atoms with E-state index in [1.165, 1.54) is 6.92 Å². The molecule has 0 unspecified atom stereocenters. The molecule has 0 aromatic carbocycles. The average molecular weight is 358 g/mol. The Kier molecular flexibility index (Phi) is 14.9. The van der Waals surface area contributed by atoms with Crippen LogP contribution in [-0.4, -0.2) is 44.7 Å². The predicted molar refractivity (Wildman–Crippen MR) is 79.7 cm³/mol. The number of ether oxygens (including phenoxy) is 1. The van der Waals surface area contributed by atoms with Crippen LogP contribution >= 0.6 is 24.0 Å². The lowest BCUT2D eigenvalue weighted by Gasteiger charge is -2.05. The number of nitrogens with one attached hydrogen (secondary N) is 2. The molecule has 0 fully saturated rings. The second kappa shape index (κ2) is 13.5. The fourth-order valence-corrected chi connectivity index (χ4v) is 0.995. The Balaban J connectivity index is 0. The van der Waals surface area contributed by atoms with Gasteiger partial charge in [-0.15, -0.1) is 24.0 Å². The summed E-state index contributed by atoms with van der Waals surface area (Å²) in [6.07, 6.45) is 0.863. The number of carbonyl (C=O) groups is 1. The SMILES string of the molecule is CCOCCCN=C(N)NCCNC(C)=O.I. The summed E-state index contributed by atoms with van der Waals surface area (Å²) < 4.78 is 5.16. The van der Waals surface area contributed by atoms with Gasteiger partial charge in [-0.05, 0) is 13.3 Å². The van der Waals surface area contributed by atoms with Gasteiger partial charge in [-0.3, -0.25) is 9.79 Å². The molecule has 7 heteroatoms. The van der Waals surface area contributed by atoms with Gasteiger partial charge in [0.05, 0.1) is 0 Å². The van der Waals surface area contributed by atoms with Crippen molar-refractivity contribution in [1.29, 1.82) is 0 Å². The van der Waals surface area contributed by atoms with Gasteiger partial charge in [0, 0.05) is 39.8 Å². The number of nitrogens with two attached hydrogens (primary N) is 1. The average Bonchev–Trinajstić information content (AvgIpc) is 2.24. The maximum atomic E-state index is 10.5. The second-order valence-corrected chi connectivity index (χ2v) is 3.23. The van der Waals surface area contributed by atoms with Crippen LogP contribution < -0.4 is 16.4 Å². The largest absolute Gasteiger partial charge is 0.382 e. The lowest BCUT2D eigenvalue weighted by atomic mass is 10.4. The highest BCUT2D eigenvalue weighted by Gasteiger charge is 1.92. The van der Waals surface area contributed by atoms with E-state index < -0.39 is 0 Å². The Hall–Kier alpha value is -0.570. The van der Waals surface area contributed by atoms with Gasteiger partial charge >= 0.3 is 0 Å². The first-order valence-electron chi connectivity index (χ1n) is 5.52. The molecule has 0 radical (unpaired) electrons. The number of hydrogen-bond donors (Lipinski definition) is 3. The first-order valence-corrected chi connectivity index (χ1v) is 5.52. The lowest BCUT2D eigenvalue weighted by Crippen LogP contribution is -2.38. The van der Waals surface area contributed by atoms with E-state index in [-0.39, 0.29) is 29.9 Å². The minimum atomic E-state index is -0.0472. The normalized spacial score (nSPS) is 10.6. The van der Waals surface area contributed by atoms with Crippen molar-refractivity contribution in [2.24, 2.45) is 10.7 Å². The summed E-state index contributed by atoms with van der Waals surface area (Å²) in [5.41, 5.74) is 5.59. The van der Waals surface area contributed by atoms with Crippen molar-refractivity contribution in [2.45, 2.75) is 20.3 Å². The molecule has 0 bridgehead atoms. The zero-order valence-corrected chi connectivity index (χ0v) is 12.8. The van der Waals surface area contributed by atoms with E-state index in [0.717, 1.165) is 13.0 Å². The Bertz CT molecular complexity index is 224. The molecule has 0 aliphatic rings. The molecular formula is C10H23IN4O2. The zero-order chi connectivity index (χ0) is 12.2. The van der Waals surface area contributed by atoms with Crippen LogP contribution in [0.1, 0.15) is 20.3 Å². The molecule has 17 heavy (non-hydrogen) atoms. The van der Waals surface area contributed by atoms with Crippen LogP contribution in [0.25, 0.3) is 0 Å². The van der Waals surface area contributed by atoms with Crippen LogP contribution in [0.15, 0.2) is 4.99 Å². The van der Waals surface area contributed by atoms with Gasteiger partial charge in [0.1, 0.15) is 0 Å². The maximum absolute atomic E-state index is 10.5. The van der Waals surface area contributed by atoms with Gasteiger partial charge in [0.15, 0.2) is 5.96 Å². The van der Waals surface area contributed by atoms with Crippen molar-refractivity contribution >= 4 is 35.8 Å². The first kappa shape index (κ1) is 18.8. The number of rotatable bonds is 8. The molecule has 0 heterocycles. The van der Waals surface area contributed by atoms with Gasteiger partial charge < -0.3 is 21.1 Å². The standard InChI is InChI=1S/C10H22N4O2.HI/c1-3-16-8-4-5-13-10(11)14-7-6-12-9(2)15;/h3-8H2,1-2H3,(H,12,15)(H3,11,13,14);1H. The Morgan fingerprint density at radius 2 is 2.00 bits per heavy atom.